The van der Waals surface area contributed by atoms with Gasteiger partial charge in [-0.25, -0.2) is 0 Å². The van der Waals surface area contributed by atoms with Gasteiger partial charge in [0.05, 0.1) is 6.61 Å². The van der Waals surface area contributed by atoms with Gasteiger partial charge in [-0.1, -0.05) is 0 Å². The molecule has 3 heteroatoms. The Morgan fingerprint density at radius 3 is 3.17 bits per heavy atom. The summed E-state index contributed by atoms with van der Waals surface area (Å²) in [4.78, 5) is 11.9. The zero-order chi connectivity index (χ0) is 12.8. The van der Waals surface area contributed by atoms with Gasteiger partial charge in [0, 0.05) is 24.9 Å². The summed E-state index contributed by atoms with van der Waals surface area (Å²) in [6.45, 7) is 1.39. The zero-order valence-electron chi connectivity index (χ0n) is 10.4. The molecule has 94 valence electrons. The molecule has 0 spiro atoms. The molecule has 0 aromatic heterocycles. The van der Waals surface area contributed by atoms with Gasteiger partial charge < -0.3 is 10.1 Å². The number of ether oxygens (including phenoxy) is 1. The molecule has 0 bridgehead atoms. The lowest BCUT2D eigenvalue weighted by Crippen LogP contribution is -2.24. The summed E-state index contributed by atoms with van der Waals surface area (Å²) in [6, 6.07) is 5.59. The second kappa shape index (κ2) is 6.11. The Morgan fingerprint density at radius 2 is 2.33 bits per heavy atom. The highest BCUT2D eigenvalue weighted by atomic mass is 16.5. The molecular weight excluding hydrogens is 226 g/mol. The molecule has 1 aromatic carbocycles. The SMILES string of the molecule is C#CCCCCNC(=O)c1ccc2c(c1)CCO2. The number of hydrogen-bond donors (Lipinski definition) is 1. The van der Waals surface area contributed by atoms with Crippen LogP contribution in [0.5, 0.6) is 5.75 Å². The van der Waals surface area contributed by atoms with Crippen LogP contribution >= 0.6 is 0 Å². The van der Waals surface area contributed by atoms with E-state index >= 15 is 0 Å². The van der Waals surface area contributed by atoms with Crippen molar-refractivity contribution < 1.29 is 9.53 Å². The van der Waals surface area contributed by atoms with Crippen molar-refractivity contribution in [2.45, 2.75) is 25.7 Å². The fraction of sp³-hybridized carbons (Fsp3) is 0.400. The minimum absolute atomic E-state index is 0.0228. The van der Waals surface area contributed by atoms with Crippen molar-refractivity contribution in [1.29, 1.82) is 0 Å². The van der Waals surface area contributed by atoms with E-state index in [0.29, 0.717) is 18.7 Å². The maximum absolute atomic E-state index is 11.9. The largest absolute Gasteiger partial charge is 0.493 e. The van der Waals surface area contributed by atoms with Crippen LogP contribution in [-0.4, -0.2) is 19.1 Å². The average Bonchev–Trinajstić information content (AvgIpc) is 2.85. The van der Waals surface area contributed by atoms with Gasteiger partial charge in [-0.15, -0.1) is 12.3 Å². The van der Waals surface area contributed by atoms with Crippen molar-refractivity contribution in [1.82, 2.24) is 5.32 Å². The third kappa shape index (κ3) is 3.04. The van der Waals surface area contributed by atoms with Crippen LogP contribution in [0, 0.1) is 12.3 Å². The molecule has 0 saturated carbocycles. The van der Waals surface area contributed by atoms with Crippen molar-refractivity contribution in [3.05, 3.63) is 29.3 Å². The number of terminal acetylenes is 1. The molecule has 0 unspecified atom stereocenters. The number of nitrogens with one attached hydrogen (secondary N) is 1. The van der Waals surface area contributed by atoms with Crippen molar-refractivity contribution in [2.75, 3.05) is 13.2 Å². The van der Waals surface area contributed by atoms with E-state index in [1.54, 1.807) is 6.07 Å². The van der Waals surface area contributed by atoms with Gasteiger partial charge in [0.15, 0.2) is 0 Å². The van der Waals surface area contributed by atoms with E-state index in [-0.39, 0.29) is 5.91 Å². The quantitative estimate of drug-likeness (QED) is 0.635. The van der Waals surface area contributed by atoms with Crippen LogP contribution in [0.4, 0.5) is 0 Å². The van der Waals surface area contributed by atoms with Gasteiger partial charge in [-0.05, 0) is 36.6 Å². The van der Waals surface area contributed by atoms with E-state index in [0.717, 1.165) is 37.0 Å². The van der Waals surface area contributed by atoms with Crippen LogP contribution < -0.4 is 10.1 Å². The Balaban J connectivity index is 1.84. The second-order valence-corrected chi connectivity index (χ2v) is 4.34. The highest BCUT2D eigenvalue weighted by molar-refractivity contribution is 5.94. The average molecular weight is 243 g/mol. The van der Waals surface area contributed by atoms with Crippen molar-refractivity contribution in [3.8, 4) is 18.1 Å². The fourth-order valence-corrected chi connectivity index (χ4v) is 1.98. The van der Waals surface area contributed by atoms with E-state index in [9.17, 15) is 4.79 Å². The van der Waals surface area contributed by atoms with Crippen LogP contribution in [0.1, 0.15) is 35.2 Å². The third-order valence-electron chi connectivity index (χ3n) is 2.99. The molecule has 0 fully saturated rings. The molecule has 2 rings (SSSR count). The maximum atomic E-state index is 11.9. The standard InChI is InChI=1S/C15H17NO2/c1-2-3-4-5-9-16-15(17)13-6-7-14-12(11-13)8-10-18-14/h1,6-7,11H,3-5,8-10H2,(H,16,17). The first kappa shape index (κ1) is 12.5. The molecule has 0 radical (unpaired) electrons. The Kier molecular flexibility index (Phi) is 4.25. The maximum Gasteiger partial charge on any atom is 0.251 e. The normalized spacial score (nSPS) is 12.4. The fourth-order valence-electron chi connectivity index (χ4n) is 1.98. The summed E-state index contributed by atoms with van der Waals surface area (Å²) in [5, 5.41) is 2.90. The monoisotopic (exact) mass is 243 g/mol. The van der Waals surface area contributed by atoms with Gasteiger partial charge in [-0.3, -0.25) is 4.79 Å². The van der Waals surface area contributed by atoms with Crippen LogP contribution in [0.15, 0.2) is 18.2 Å². The number of carbonyl (C=O) groups excluding carboxylic acids is 1. The molecule has 1 N–H and O–H groups in total. The Bertz CT molecular complexity index is 474. The molecule has 3 nitrogen and oxygen atoms in total. The van der Waals surface area contributed by atoms with E-state index in [2.05, 4.69) is 11.2 Å². The van der Waals surface area contributed by atoms with Crippen LogP contribution in [-0.2, 0) is 6.42 Å². The first-order chi connectivity index (χ1) is 8.81. The highest BCUT2D eigenvalue weighted by Gasteiger charge is 2.14. The molecule has 1 aliphatic heterocycles. The van der Waals surface area contributed by atoms with E-state index in [1.165, 1.54) is 0 Å². The minimum atomic E-state index is -0.0228. The number of unbranched alkanes of at least 4 members (excludes halogenated alkanes) is 2. The highest BCUT2D eigenvalue weighted by Crippen LogP contribution is 2.25. The zero-order valence-corrected chi connectivity index (χ0v) is 10.4. The molecule has 0 aliphatic carbocycles. The predicted octanol–water partition coefficient (Wildman–Crippen LogP) is 2.15. The van der Waals surface area contributed by atoms with Crippen molar-refractivity contribution in [3.63, 3.8) is 0 Å². The van der Waals surface area contributed by atoms with E-state index in [4.69, 9.17) is 11.2 Å². The Morgan fingerprint density at radius 1 is 1.44 bits per heavy atom. The lowest BCUT2D eigenvalue weighted by Gasteiger charge is -2.06. The topological polar surface area (TPSA) is 38.3 Å². The van der Waals surface area contributed by atoms with E-state index < -0.39 is 0 Å². The molecule has 1 aromatic rings. The molecule has 0 saturated heterocycles. The lowest BCUT2D eigenvalue weighted by molar-refractivity contribution is 0.0953. The van der Waals surface area contributed by atoms with Crippen LogP contribution in [0.2, 0.25) is 0 Å². The first-order valence-corrected chi connectivity index (χ1v) is 6.28. The van der Waals surface area contributed by atoms with Gasteiger partial charge in [0.25, 0.3) is 5.91 Å². The molecule has 1 heterocycles. The van der Waals surface area contributed by atoms with Gasteiger partial charge in [0.1, 0.15) is 5.75 Å². The predicted molar refractivity (Wildman–Crippen MR) is 70.7 cm³/mol. The molecule has 1 amide bonds. The number of benzene rings is 1. The third-order valence-corrected chi connectivity index (χ3v) is 2.99. The summed E-state index contributed by atoms with van der Waals surface area (Å²) in [5.74, 6) is 3.47. The number of rotatable bonds is 5. The minimum Gasteiger partial charge on any atom is -0.493 e. The number of fused-ring (bicyclic) bond motifs is 1. The number of carbonyl (C=O) groups is 1. The number of hydrogen-bond acceptors (Lipinski definition) is 2. The van der Waals surface area contributed by atoms with Crippen LogP contribution in [0.25, 0.3) is 0 Å². The summed E-state index contributed by atoms with van der Waals surface area (Å²) >= 11 is 0. The lowest BCUT2D eigenvalue weighted by atomic mass is 10.1. The molecular formula is C15H17NO2. The Hall–Kier alpha value is -1.95. The summed E-state index contributed by atoms with van der Waals surface area (Å²) in [5.41, 5.74) is 1.83. The molecule has 1 aliphatic rings. The summed E-state index contributed by atoms with van der Waals surface area (Å²) in [7, 11) is 0. The molecule has 18 heavy (non-hydrogen) atoms. The summed E-state index contributed by atoms with van der Waals surface area (Å²) < 4.78 is 5.41. The van der Waals surface area contributed by atoms with Gasteiger partial charge in [-0.2, -0.15) is 0 Å². The van der Waals surface area contributed by atoms with Gasteiger partial charge in [0.2, 0.25) is 0 Å². The molecule has 0 atom stereocenters. The first-order valence-electron chi connectivity index (χ1n) is 6.28. The van der Waals surface area contributed by atoms with E-state index in [1.807, 2.05) is 12.1 Å². The van der Waals surface area contributed by atoms with Gasteiger partial charge >= 0.3 is 0 Å². The van der Waals surface area contributed by atoms with Crippen molar-refractivity contribution in [2.24, 2.45) is 0 Å². The smallest absolute Gasteiger partial charge is 0.251 e. The number of amides is 1. The Labute approximate surface area is 108 Å². The van der Waals surface area contributed by atoms with Crippen LogP contribution in [0.3, 0.4) is 0 Å². The second-order valence-electron chi connectivity index (χ2n) is 4.34. The van der Waals surface area contributed by atoms with Crippen molar-refractivity contribution >= 4 is 5.91 Å². The summed E-state index contributed by atoms with van der Waals surface area (Å²) in [6.07, 6.45) is 8.70.